The van der Waals surface area contributed by atoms with Crippen molar-refractivity contribution >= 4 is 0 Å². The van der Waals surface area contributed by atoms with Crippen molar-refractivity contribution in [3.05, 3.63) is 0 Å². The van der Waals surface area contributed by atoms with Crippen LogP contribution in [0.1, 0.15) is 39.5 Å². The van der Waals surface area contributed by atoms with Gasteiger partial charge in [-0.15, -0.1) is 0 Å². The molecule has 1 N–H and O–H groups in total. The van der Waals surface area contributed by atoms with Gasteiger partial charge in [0.05, 0.1) is 6.10 Å². The summed E-state index contributed by atoms with van der Waals surface area (Å²) in [6.45, 7) is 6.72. The lowest BCUT2D eigenvalue weighted by Crippen LogP contribution is -2.32. The molecule has 1 aliphatic carbocycles. The van der Waals surface area contributed by atoms with Crippen molar-refractivity contribution < 1.29 is 5.11 Å². The maximum Gasteiger partial charge on any atom is 0.0682 e. The molecule has 82 valence electrons. The molecule has 2 nitrogen and oxygen atoms in total. The molecule has 1 saturated carbocycles. The Bertz CT molecular complexity index is 177. The summed E-state index contributed by atoms with van der Waals surface area (Å²) < 4.78 is 0. The molecule has 0 bridgehead atoms. The lowest BCUT2D eigenvalue weighted by Gasteiger charge is -2.25. The quantitative estimate of drug-likeness (QED) is 0.744. The number of likely N-dealkylation sites (tertiary alicyclic amines) is 1. The van der Waals surface area contributed by atoms with Crippen LogP contribution in [-0.2, 0) is 0 Å². The van der Waals surface area contributed by atoms with Crippen molar-refractivity contribution in [3.8, 4) is 0 Å². The fraction of sp³-hybridized carbons (Fsp3) is 1.00. The second-order valence-electron chi connectivity index (χ2n) is 5.57. The van der Waals surface area contributed by atoms with Gasteiger partial charge in [-0.1, -0.05) is 13.8 Å². The molecule has 14 heavy (non-hydrogen) atoms. The van der Waals surface area contributed by atoms with Crippen molar-refractivity contribution in [1.29, 1.82) is 0 Å². The van der Waals surface area contributed by atoms with Crippen LogP contribution in [0.3, 0.4) is 0 Å². The van der Waals surface area contributed by atoms with Crippen LogP contribution in [0.15, 0.2) is 0 Å². The molecule has 2 rings (SSSR count). The van der Waals surface area contributed by atoms with Crippen LogP contribution in [0.5, 0.6) is 0 Å². The van der Waals surface area contributed by atoms with Crippen molar-refractivity contribution in [2.45, 2.75) is 51.7 Å². The van der Waals surface area contributed by atoms with Crippen LogP contribution in [0.25, 0.3) is 0 Å². The van der Waals surface area contributed by atoms with E-state index in [1.54, 1.807) is 0 Å². The number of rotatable bonds is 4. The smallest absolute Gasteiger partial charge is 0.0682 e. The van der Waals surface area contributed by atoms with Gasteiger partial charge in [0.1, 0.15) is 0 Å². The molecular formula is C12H23NO. The third kappa shape index (κ3) is 2.71. The molecule has 0 spiro atoms. The van der Waals surface area contributed by atoms with E-state index < -0.39 is 0 Å². The lowest BCUT2D eigenvalue weighted by molar-refractivity contribution is 0.171. The first kappa shape index (κ1) is 10.4. The summed E-state index contributed by atoms with van der Waals surface area (Å²) in [7, 11) is 0. The van der Waals surface area contributed by atoms with E-state index in [0.29, 0.717) is 6.04 Å². The summed E-state index contributed by atoms with van der Waals surface area (Å²) in [5.74, 6) is 1.71. The normalized spacial score (nSPS) is 34.3. The molecule has 2 aliphatic rings. The Morgan fingerprint density at radius 2 is 2.07 bits per heavy atom. The van der Waals surface area contributed by atoms with Gasteiger partial charge in [0.25, 0.3) is 0 Å². The van der Waals surface area contributed by atoms with Gasteiger partial charge in [0.2, 0.25) is 0 Å². The monoisotopic (exact) mass is 197 g/mol. The van der Waals surface area contributed by atoms with Crippen LogP contribution < -0.4 is 0 Å². The minimum Gasteiger partial charge on any atom is -0.392 e. The third-order valence-corrected chi connectivity index (χ3v) is 3.44. The van der Waals surface area contributed by atoms with Gasteiger partial charge in [-0.2, -0.15) is 0 Å². The highest BCUT2D eigenvalue weighted by atomic mass is 16.3. The van der Waals surface area contributed by atoms with Gasteiger partial charge in [-0.05, 0) is 37.5 Å². The number of aliphatic hydroxyl groups is 1. The van der Waals surface area contributed by atoms with E-state index in [0.717, 1.165) is 24.8 Å². The van der Waals surface area contributed by atoms with Gasteiger partial charge < -0.3 is 5.11 Å². The Hall–Kier alpha value is -0.0800. The van der Waals surface area contributed by atoms with Crippen molar-refractivity contribution in [1.82, 2.24) is 4.90 Å². The summed E-state index contributed by atoms with van der Waals surface area (Å²) in [5, 5.41) is 9.67. The first-order valence-corrected chi connectivity index (χ1v) is 6.07. The minimum absolute atomic E-state index is 0.0579. The highest BCUT2D eigenvalue weighted by Gasteiger charge is 2.34. The van der Waals surface area contributed by atoms with Crippen LogP contribution in [0, 0.1) is 11.8 Å². The minimum atomic E-state index is -0.0579. The largest absolute Gasteiger partial charge is 0.392 e. The van der Waals surface area contributed by atoms with E-state index in [1.807, 2.05) is 0 Å². The predicted molar refractivity (Wildman–Crippen MR) is 58.2 cm³/mol. The zero-order chi connectivity index (χ0) is 10.1. The van der Waals surface area contributed by atoms with E-state index in [4.69, 9.17) is 0 Å². The van der Waals surface area contributed by atoms with E-state index in [2.05, 4.69) is 18.7 Å². The standard InChI is InChI=1S/C12H23NO/c1-9(2)5-11-6-12(14)8-13(11)7-10-3-4-10/h9-12,14H,3-8H2,1-2H3/t11-,12-/m1/s1. The van der Waals surface area contributed by atoms with Crippen LogP contribution in [0.2, 0.25) is 0 Å². The average Bonchev–Trinajstić information content (AvgIpc) is 2.79. The maximum atomic E-state index is 9.67. The molecule has 0 aromatic carbocycles. The summed E-state index contributed by atoms with van der Waals surface area (Å²) in [6, 6.07) is 0.658. The summed E-state index contributed by atoms with van der Waals surface area (Å²) in [6.07, 6.45) is 5.04. The zero-order valence-electron chi connectivity index (χ0n) is 9.45. The Labute approximate surface area is 87.3 Å². The fourth-order valence-electron chi connectivity index (χ4n) is 2.60. The first-order chi connectivity index (χ1) is 6.65. The summed E-state index contributed by atoms with van der Waals surface area (Å²) in [4.78, 5) is 2.53. The molecular weight excluding hydrogens is 174 g/mol. The molecule has 0 amide bonds. The average molecular weight is 197 g/mol. The second kappa shape index (κ2) is 4.19. The Morgan fingerprint density at radius 1 is 1.36 bits per heavy atom. The van der Waals surface area contributed by atoms with Crippen molar-refractivity contribution in [2.24, 2.45) is 11.8 Å². The molecule has 1 heterocycles. The SMILES string of the molecule is CC(C)C[C@@H]1C[C@@H](O)CN1CC1CC1. The van der Waals surface area contributed by atoms with Gasteiger partial charge in [-0.25, -0.2) is 0 Å². The maximum absolute atomic E-state index is 9.67. The highest BCUT2D eigenvalue weighted by Crippen LogP contribution is 2.33. The summed E-state index contributed by atoms with van der Waals surface area (Å²) >= 11 is 0. The molecule has 0 aromatic heterocycles. The van der Waals surface area contributed by atoms with E-state index in [1.165, 1.54) is 25.8 Å². The van der Waals surface area contributed by atoms with Crippen LogP contribution >= 0.6 is 0 Å². The topological polar surface area (TPSA) is 23.5 Å². The lowest BCUT2D eigenvalue weighted by atomic mass is 10.0. The van der Waals surface area contributed by atoms with E-state index >= 15 is 0 Å². The molecule has 1 aliphatic heterocycles. The van der Waals surface area contributed by atoms with Gasteiger partial charge >= 0.3 is 0 Å². The molecule has 0 aromatic rings. The molecule has 0 unspecified atom stereocenters. The summed E-state index contributed by atoms with van der Waals surface area (Å²) in [5.41, 5.74) is 0. The van der Waals surface area contributed by atoms with E-state index in [9.17, 15) is 5.11 Å². The number of hydrogen-bond donors (Lipinski definition) is 1. The Morgan fingerprint density at radius 3 is 2.64 bits per heavy atom. The first-order valence-electron chi connectivity index (χ1n) is 6.07. The second-order valence-corrected chi connectivity index (χ2v) is 5.57. The molecule has 2 atom stereocenters. The van der Waals surface area contributed by atoms with Crippen LogP contribution in [0.4, 0.5) is 0 Å². The van der Waals surface area contributed by atoms with Gasteiger partial charge in [0, 0.05) is 19.1 Å². The predicted octanol–water partition coefficient (Wildman–Crippen LogP) is 1.88. The molecule has 2 fully saturated rings. The molecule has 2 heteroatoms. The highest BCUT2D eigenvalue weighted by molar-refractivity contribution is 4.89. The third-order valence-electron chi connectivity index (χ3n) is 3.44. The van der Waals surface area contributed by atoms with Gasteiger partial charge in [-0.3, -0.25) is 4.90 Å². The number of nitrogens with zero attached hydrogens (tertiary/aromatic N) is 1. The van der Waals surface area contributed by atoms with Crippen molar-refractivity contribution in [3.63, 3.8) is 0 Å². The van der Waals surface area contributed by atoms with E-state index in [-0.39, 0.29) is 6.10 Å². The number of hydrogen-bond acceptors (Lipinski definition) is 2. The fourth-order valence-corrected chi connectivity index (χ4v) is 2.60. The van der Waals surface area contributed by atoms with Crippen molar-refractivity contribution in [2.75, 3.05) is 13.1 Å². The zero-order valence-corrected chi connectivity index (χ0v) is 9.45. The van der Waals surface area contributed by atoms with Gasteiger partial charge in [0.15, 0.2) is 0 Å². The number of aliphatic hydroxyl groups excluding tert-OH is 1. The Balaban J connectivity index is 1.84. The van der Waals surface area contributed by atoms with Crippen LogP contribution in [-0.4, -0.2) is 35.2 Å². The molecule has 0 radical (unpaired) electrons. The molecule has 1 saturated heterocycles. The number of β-amino-alcohol motifs (C(OH)–C–C–N with tert-alkyl or cyclic N) is 1. The Kier molecular flexibility index (Phi) is 3.13.